The Morgan fingerprint density at radius 1 is 0.350 bits per heavy atom. The first kappa shape index (κ1) is 22.6. The summed E-state index contributed by atoms with van der Waals surface area (Å²) in [6.07, 6.45) is 5.55. The molecule has 186 valence electrons. The average molecular weight is 510 g/mol. The molecule has 8 rings (SSSR count). The van der Waals surface area contributed by atoms with Gasteiger partial charge in [-0.1, -0.05) is 66.7 Å². The second-order valence-corrected chi connectivity index (χ2v) is 10.1. The van der Waals surface area contributed by atoms with Crippen molar-refractivity contribution in [3.63, 3.8) is 0 Å². The van der Waals surface area contributed by atoms with E-state index in [-0.39, 0.29) is 0 Å². The van der Waals surface area contributed by atoms with E-state index < -0.39 is 0 Å². The van der Waals surface area contributed by atoms with Crippen LogP contribution in [0.4, 0.5) is 0 Å². The van der Waals surface area contributed by atoms with Crippen LogP contribution in [0.25, 0.3) is 77.2 Å². The highest BCUT2D eigenvalue weighted by molar-refractivity contribution is 6.27. The van der Waals surface area contributed by atoms with Crippen LogP contribution in [-0.2, 0) is 0 Å². The van der Waals surface area contributed by atoms with Gasteiger partial charge < -0.3 is 0 Å². The third-order valence-corrected chi connectivity index (χ3v) is 7.77. The molecule has 0 spiro atoms. The SMILES string of the molecule is c1ccc(-c2cc(-c3ccccn3)cc(-c3ccc4ccc5ccc(-c6ccccn6)c6ccc3c4c56)c2)nc1. The number of hydrogen-bond acceptors (Lipinski definition) is 3. The summed E-state index contributed by atoms with van der Waals surface area (Å²) in [5.74, 6) is 0. The minimum absolute atomic E-state index is 0.944. The molecule has 0 saturated heterocycles. The first-order valence-corrected chi connectivity index (χ1v) is 13.4. The molecule has 0 amide bonds. The Bertz CT molecular complexity index is 2080. The Morgan fingerprint density at radius 3 is 1.32 bits per heavy atom. The zero-order valence-electron chi connectivity index (χ0n) is 21.6. The highest BCUT2D eigenvalue weighted by Crippen LogP contribution is 2.43. The molecule has 3 heterocycles. The molecule has 0 radical (unpaired) electrons. The first-order chi connectivity index (χ1) is 19.8. The normalized spacial score (nSPS) is 11.5. The molecule has 0 atom stereocenters. The van der Waals surface area contributed by atoms with E-state index in [2.05, 4.69) is 99.9 Å². The van der Waals surface area contributed by atoms with Gasteiger partial charge in [0, 0.05) is 35.3 Å². The summed E-state index contributed by atoms with van der Waals surface area (Å²) in [5, 5.41) is 7.50. The van der Waals surface area contributed by atoms with Gasteiger partial charge in [0.2, 0.25) is 0 Å². The van der Waals surface area contributed by atoms with Crippen LogP contribution in [0.15, 0.2) is 140 Å². The molecule has 0 aliphatic rings. The molecular formula is C37H23N3. The molecule has 0 N–H and O–H groups in total. The zero-order chi connectivity index (χ0) is 26.5. The van der Waals surface area contributed by atoms with Crippen molar-refractivity contribution in [2.45, 2.75) is 0 Å². The molecule has 0 bridgehead atoms. The number of benzene rings is 5. The Hall–Kier alpha value is -5.41. The van der Waals surface area contributed by atoms with E-state index in [1.54, 1.807) is 0 Å². The largest absolute Gasteiger partial charge is 0.256 e. The number of nitrogens with zero attached hydrogens (tertiary/aromatic N) is 3. The van der Waals surface area contributed by atoms with Crippen molar-refractivity contribution in [2.24, 2.45) is 0 Å². The Labute approximate surface area is 231 Å². The maximum atomic E-state index is 4.66. The van der Waals surface area contributed by atoms with Crippen LogP contribution >= 0.6 is 0 Å². The van der Waals surface area contributed by atoms with Gasteiger partial charge in [-0.25, -0.2) is 0 Å². The van der Waals surface area contributed by atoms with E-state index >= 15 is 0 Å². The third kappa shape index (κ3) is 3.63. The van der Waals surface area contributed by atoms with Gasteiger partial charge in [-0.05, 0) is 98.0 Å². The van der Waals surface area contributed by atoms with E-state index in [0.29, 0.717) is 0 Å². The Balaban J connectivity index is 1.42. The lowest BCUT2D eigenvalue weighted by Crippen LogP contribution is -1.92. The van der Waals surface area contributed by atoms with Gasteiger partial charge in [-0.15, -0.1) is 0 Å². The van der Waals surface area contributed by atoms with E-state index in [1.165, 1.54) is 37.9 Å². The van der Waals surface area contributed by atoms with Crippen LogP contribution in [-0.4, -0.2) is 15.0 Å². The molecule has 3 heteroatoms. The molecule has 3 nitrogen and oxygen atoms in total. The second kappa shape index (κ2) is 9.11. The molecule has 0 aliphatic heterocycles. The predicted molar refractivity (Wildman–Crippen MR) is 165 cm³/mol. The fraction of sp³-hybridized carbons (Fsp3) is 0. The van der Waals surface area contributed by atoms with E-state index in [4.69, 9.17) is 0 Å². The topological polar surface area (TPSA) is 38.7 Å². The van der Waals surface area contributed by atoms with Crippen LogP contribution in [0.5, 0.6) is 0 Å². The lowest BCUT2D eigenvalue weighted by Gasteiger charge is -2.17. The summed E-state index contributed by atoms with van der Waals surface area (Å²) >= 11 is 0. The molecule has 0 aliphatic carbocycles. The minimum atomic E-state index is 0.944. The smallest absolute Gasteiger partial charge is 0.0708 e. The summed E-state index contributed by atoms with van der Waals surface area (Å²) in [4.78, 5) is 14.0. The van der Waals surface area contributed by atoms with Crippen molar-refractivity contribution in [1.82, 2.24) is 15.0 Å². The van der Waals surface area contributed by atoms with Crippen molar-refractivity contribution < 1.29 is 0 Å². The van der Waals surface area contributed by atoms with Crippen LogP contribution in [0.1, 0.15) is 0 Å². The number of hydrogen-bond donors (Lipinski definition) is 0. The first-order valence-electron chi connectivity index (χ1n) is 13.4. The molecule has 0 unspecified atom stereocenters. The summed E-state index contributed by atoms with van der Waals surface area (Å²) < 4.78 is 0. The average Bonchev–Trinajstić information content (AvgIpc) is 3.04. The quantitative estimate of drug-likeness (QED) is 0.222. The van der Waals surface area contributed by atoms with Crippen molar-refractivity contribution in [1.29, 1.82) is 0 Å². The summed E-state index contributed by atoms with van der Waals surface area (Å²) in [5.41, 5.74) is 8.51. The van der Waals surface area contributed by atoms with Gasteiger partial charge in [0.05, 0.1) is 17.1 Å². The van der Waals surface area contributed by atoms with Crippen molar-refractivity contribution in [3.8, 4) is 44.9 Å². The fourth-order valence-corrected chi connectivity index (χ4v) is 5.94. The van der Waals surface area contributed by atoms with Gasteiger partial charge in [-0.3, -0.25) is 15.0 Å². The van der Waals surface area contributed by atoms with Gasteiger partial charge in [0.25, 0.3) is 0 Å². The lowest BCUT2D eigenvalue weighted by atomic mass is 9.87. The number of rotatable bonds is 4. The number of aromatic nitrogens is 3. The summed E-state index contributed by atoms with van der Waals surface area (Å²) in [6.45, 7) is 0. The van der Waals surface area contributed by atoms with Crippen LogP contribution in [0.3, 0.4) is 0 Å². The second-order valence-electron chi connectivity index (χ2n) is 10.1. The van der Waals surface area contributed by atoms with E-state index in [0.717, 1.165) is 39.3 Å². The van der Waals surface area contributed by atoms with Crippen molar-refractivity contribution >= 4 is 32.3 Å². The standard InChI is InChI=1S/C37H23N3/c1-4-18-38-33(7-1)27-21-26(22-28(23-27)34-8-2-5-19-39-34)29-14-12-24-10-11-25-13-15-30(35-9-3-6-20-40-35)32-17-16-31(29)36(24)37(25)32/h1-23H. The van der Waals surface area contributed by atoms with Crippen LogP contribution < -0.4 is 0 Å². The van der Waals surface area contributed by atoms with Gasteiger partial charge in [0.15, 0.2) is 0 Å². The third-order valence-electron chi connectivity index (χ3n) is 7.77. The minimum Gasteiger partial charge on any atom is -0.256 e. The molecule has 40 heavy (non-hydrogen) atoms. The monoisotopic (exact) mass is 509 g/mol. The van der Waals surface area contributed by atoms with Crippen LogP contribution in [0, 0.1) is 0 Å². The summed E-state index contributed by atoms with van der Waals surface area (Å²) in [6, 6.07) is 42.8. The summed E-state index contributed by atoms with van der Waals surface area (Å²) in [7, 11) is 0. The molecule has 3 aromatic heterocycles. The molecule has 8 aromatic rings. The van der Waals surface area contributed by atoms with Crippen LogP contribution in [0.2, 0.25) is 0 Å². The molecule has 5 aromatic carbocycles. The van der Waals surface area contributed by atoms with Crippen molar-refractivity contribution in [2.75, 3.05) is 0 Å². The predicted octanol–water partition coefficient (Wildman–Crippen LogP) is 9.44. The maximum absolute atomic E-state index is 4.66. The van der Waals surface area contributed by atoms with E-state index in [1.807, 2.05) is 55.0 Å². The Kier molecular flexibility index (Phi) is 5.14. The fourth-order valence-electron chi connectivity index (χ4n) is 5.94. The molecular weight excluding hydrogens is 486 g/mol. The number of pyridine rings is 3. The van der Waals surface area contributed by atoms with Gasteiger partial charge >= 0.3 is 0 Å². The zero-order valence-corrected chi connectivity index (χ0v) is 21.6. The lowest BCUT2D eigenvalue weighted by molar-refractivity contribution is 1.31. The molecule has 0 saturated carbocycles. The Morgan fingerprint density at radius 2 is 0.800 bits per heavy atom. The highest BCUT2D eigenvalue weighted by atomic mass is 14.7. The highest BCUT2D eigenvalue weighted by Gasteiger charge is 2.16. The van der Waals surface area contributed by atoms with Crippen molar-refractivity contribution in [3.05, 3.63) is 140 Å². The molecule has 0 fully saturated rings. The van der Waals surface area contributed by atoms with E-state index in [9.17, 15) is 0 Å². The van der Waals surface area contributed by atoms with Gasteiger partial charge in [0.1, 0.15) is 0 Å². The van der Waals surface area contributed by atoms with Gasteiger partial charge in [-0.2, -0.15) is 0 Å². The maximum Gasteiger partial charge on any atom is 0.0708 e.